The molecule has 1 saturated heterocycles. The van der Waals surface area contributed by atoms with Gasteiger partial charge in [-0.3, -0.25) is 14.6 Å². The topological polar surface area (TPSA) is 65.5 Å². The van der Waals surface area contributed by atoms with Crippen LogP contribution in [0.5, 0.6) is 0 Å². The van der Waals surface area contributed by atoms with Crippen molar-refractivity contribution in [3.63, 3.8) is 0 Å². The summed E-state index contributed by atoms with van der Waals surface area (Å²) in [4.78, 5) is 33.2. The van der Waals surface area contributed by atoms with Crippen LogP contribution in [0.3, 0.4) is 0 Å². The van der Waals surface area contributed by atoms with Crippen LogP contribution < -0.4 is 10.2 Å². The maximum atomic E-state index is 12.8. The highest BCUT2D eigenvalue weighted by atomic mass is 16.2. The zero-order chi connectivity index (χ0) is 20.1. The minimum absolute atomic E-state index is 0.0142. The van der Waals surface area contributed by atoms with E-state index >= 15 is 0 Å². The maximum absolute atomic E-state index is 12.8. The number of rotatable bonds is 4. The molecular formula is C23H22N4O2. The van der Waals surface area contributed by atoms with Gasteiger partial charge in [0.2, 0.25) is 0 Å². The Balaban J connectivity index is 1.34. The summed E-state index contributed by atoms with van der Waals surface area (Å²) in [5, 5.41) is 2.85. The SMILES string of the molecule is O=C(Nc1ccc(C(=O)N2CCN(c3ccncc3)CC2)cc1)c1ccccc1. The van der Waals surface area contributed by atoms with Crippen LogP contribution >= 0.6 is 0 Å². The third kappa shape index (κ3) is 4.43. The second kappa shape index (κ2) is 8.56. The van der Waals surface area contributed by atoms with E-state index in [2.05, 4.69) is 15.2 Å². The number of carbonyl (C=O) groups is 2. The lowest BCUT2D eigenvalue weighted by Gasteiger charge is -2.36. The standard InChI is InChI=1S/C23H22N4O2/c28-22(18-4-2-1-3-5-18)25-20-8-6-19(7-9-20)23(29)27-16-14-26(15-17-27)21-10-12-24-13-11-21/h1-13H,14-17H2,(H,25,28). The molecule has 0 radical (unpaired) electrons. The minimum Gasteiger partial charge on any atom is -0.368 e. The number of nitrogens with zero attached hydrogens (tertiary/aromatic N) is 3. The predicted molar refractivity (Wildman–Crippen MR) is 113 cm³/mol. The number of hydrogen-bond acceptors (Lipinski definition) is 4. The number of pyridine rings is 1. The van der Waals surface area contributed by atoms with Crippen molar-refractivity contribution in [3.05, 3.63) is 90.3 Å². The Labute approximate surface area is 169 Å². The van der Waals surface area contributed by atoms with Gasteiger partial charge in [0.25, 0.3) is 11.8 Å². The predicted octanol–water partition coefficient (Wildman–Crippen LogP) is 3.30. The van der Waals surface area contributed by atoms with Crippen molar-refractivity contribution in [2.75, 3.05) is 36.4 Å². The molecule has 0 saturated carbocycles. The zero-order valence-electron chi connectivity index (χ0n) is 16.0. The molecule has 146 valence electrons. The van der Waals surface area contributed by atoms with E-state index in [1.54, 1.807) is 48.8 Å². The average molecular weight is 386 g/mol. The summed E-state index contributed by atoms with van der Waals surface area (Å²) >= 11 is 0. The van der Waals surface area contributed by atoms with Crippen LogP contribution in [0, 0.1) is 0 Å². The smallest absolute Gasteiger partial charge is 0.255 e. The highest BCUT2D eigenvalue weighted by Gasteiger charge is 2.22. The summed E-state index contributed by atoms with van der Waals surface area (Å²) in [6.07, 6.45) is 3.57. The molecule has 6 heteroatoms. The van der Waals surface area contributed by atoms with E-state index in [1.807, 2.05) is 35.2 Å². The summed E-state index contributed by atoms with van der Waals surface area (Å²) in [6, 6.07) is 20.1. The number of amides is 2. The number of carbonyl (C=O) groups excluding carboxylic acids is 2. The van der Waals surface area contributed by atoms with Crippen LogP contribution in [0.4, 0.5) is 11.4 Å². The van der Waals surface area contributed by atoms with Crippen LogP contribution in [-0.2, 0) is 0 Å². The van der Waals surface area contributed by atoms with Crippen LogP contribution in [0.25, 0.3) is 0 Å². The van der Waals surface area contributed by atoms with Crippen molar-refractivity contribution < 1.29 is 9.59 Å². The van der Waals surface area contributed by atoms with E-state index in [9.17, 15) is 9.59 Å². The maximum Gasteiger partial charge on any atom is 0.255 e. The van der Waals surface area contributed by atoms with Crippen molar-refractivity contribution in [3.8, 4) is 0 Å². The van der Waals surface area contributed by atoms with E-state index in [0.717, 1.165) is 18.8 Å². The lowest BCUT2D eigenvalue weighted by atomic mass is 10.1. The van der Waals surface area contributed by atoms with Crippen molar-refractivity contribution in [2.24, 2.45) is 0 Å². The number of aromatic nitrogens is 1. The number of anilines is 2. The summed E-state index contributed by atoms with van der Waals surface area (Å²) in [6.45, 7) is 2.93. The van der Waals surface area contributed by atoms with Gasteiger partial charge in [0.05, 0.1) is 0 Å². The molecular weight excluding hydrogens is 364 g/mol. The normalized spacial score (nSPS) is 13.8. The first-order valence-corrected chi connectivity index (χ1v) is 9.61. The van der Waals surface area contributed by atoms with Gasteiger partial charge in [-0.2, -0.15) is 0 Å². The molecule has 2 amide bonds. The van der Waals surface area contributed by atoms with Crippen LogP contribution in [0.1, 0.15) is 20.7 Å². The lowest BCUT2D eigenvalue weighted by Crippen LogP contribution is -2.48. The second-order valence-electron chi connectivity index (χ2n) is 6.88. The van der Waals surface area contributed by atoms with E-state index in [-0.39, 0.29) is 11.8 Å². The highest BCUT2D eigenvalue weighted by molar-refractivity contribution is 6.04. The Morgan fingerprint density at radius 1 is 0.759 bits per heavy atom. The molecule has 6 nitrogen and oxygen atoms in total. The third-order valence-corrected chi connectivity index (χ3v) is 5.02. The van der Waals surface area contributed by atoms with Crippen molar-refractivity contribution in [1.29, 1.82) is 0 Å². The van der Waals surface area contributed by atoms with Crippen LogP contribution in [0.2, 0.25) is 0 Å². The molecule has 3 aromatic rings. The van der Waals surface area contributed by atoms with Gasteiger partial charge >= 0.3 is 0 Å². The van der Waals surface area contributed by atoms with E-state index in [4.69, 9.17) is 0 Å². The largest absolute Gasteiger partial charge is 0.368 e. The fourth-order valence-electron chi connectivity index (χ4n) is 3.39. The molecule has 0 spiro atoms. The fourth-order valence-corrected chi connectivity index (χ4v) is 3.39. The Morgan fingerprint density at radius 2 is 1.41 bits per heavy atom. The van der Waals surface area contributed by atoms with Gasteiger partial charge in [-0.25, -0.2) is 0 Å². The quantitative estimate of drug-likeness (QED) is 0.747. The van der Waals surface area contributed by atoms with Gasteiger partial charge in [0.1, 0.15) is 0 Å². The molecule has 29 heavy (non-hydrogen) atoms. The molecule has 1 fully saturated rings. The van der Waals surface area contributed by atoms with Crippen LogP contribution in [-0.4, -0.2) is 47.9 Å². The first kappa shape index (κ1) is 18.7. The van der Waals surface area contributed by atoms with E-state index in [0.29, 0.717) is 29.9 Å². The number of nitrogens with one attached hydrogen (secondary N) is 1. The highest BCUT2D eigenvalue weighted by Crippen LogP contribution is 2.17. The number of benzene rings is 2. The molecule has 0 atom stereocenters. The Hall–Kier alpha value is -3.67. The van der Waals surface area contributed by atoms with Gasteiger partial charge in [-0.1, -0.05) is 18.2 Å². The van der Waals surface area contributed by atoms with Crippen molar-refractivity contribution in [2.45, 2.75) is 0 Å². The average Bonchev–Trinajstić information content (AvgIpc) is 2.80. The third-order valence-electron chi connectivity index (χ3n) is 5.02. The zero-order valence-corrected chi connectivity index (χ0v) is 16.0. The first-order valence-electron chi connectivity index (χ1n) is 9.61. The van der Waals surface area contributed by atoms with E-state index < -0.39 is 0 Å². The summed E-state index contributed by atoms with van der Waals surface area (Å²) in [5.41, 5.74) is 3.02. The molecule has 2 heterocycles. The number of hydrogen-bond donors (Lipinski definition) is 1. The monoisotopic (exact) mass is 386 g/mol. The molecule has 0 unspecified atom stereocenters. The summed E-state index contributed by atoms with van der Waals surface area (Å²) < 4.78 is 0. The van der Waals surface area contributed by atoms with Gasteiger partial charge in [-0.15, -0.1) is 0 Å². The second-order valence-corrected chi connectivity index (χ2v) is 6.88. The molecule has 0 aliphatic carbocycles. The minimum atomic E-state index is -0.170. The molecule has 1 aliphatic rings. The molecule has 1 N–H and O–H groups in total. The van der Waals surface area contributed by atoms with Crippen molar-refractivity contribution in [1.82, 2.24) is 9.88 Å². The Morgan fingerprint density at radius 3 is 2.07 bits per heavy atom. The summed E-state index contributed by atoms with van der Waals surface area (Å²) in [7, 11) is 0. The molecule has 1 aromatic heterocycles. The molecule has 2 aromatic carbocycles. The van der Waals surface area contributed by atoms with Gasteiger partial charge in [0.15, 0.2) is 0 Å². The Bertz CT molecular complexity index is 967. The van der Waals surface area contributed by atoms with Gasteiger partial charge in [-0.05, 0) is 48.5 Å². The van der Waals surface area contributed by atoms with Gasteiger partial charge < -0.3 is 15.1 Å². The van der Waals surface area contributed by atoms with E-state index in [1.165, 1.54) is 0 Å². The van der Waals surface area contributed by atoms with Gasteiger partial charge in [0, 0.05) is 61.1 Å². The molecule has 4 rings (SSSR count). The lowest BCUT2D eigenvalue weighted by molar-refractivity contribution is 0.0746. The van der Waals surface area contributed by atoms with Crippen molar-refractivity contribution >= 4 is 23.2 Å². The first-order chi connectivity index (χ1) is 14.2. The summed E-state index contributed by atoms with van der Waals surface area (Å²) in [5.74, 6) is -0.155. The fraction of sp³-hybridized carbons (Fsp3) is 0.174. The Kier molecular flexibility index (Phi) is 5.52. The molecule has 0 bridgehead atoms. The molecule has 1 aliphatic heterocycles. The van der Waals surface area contributed by atoms with Crippen LogP contribution in [0.15, 0.2) is 79.1 Å². The number of piperazine rings is 1.